The van der Waals surface area contributed by atoms with Crippen molar-refractivity contribution in [2.24, 2.45) is 0 Å². The Morgan fingerprint density at radius 1 is 1.26 bits per heavy atom. The van der Waals surface area contributed by atoms with Gasteiger partial charge in [0.15, 0.2) is 24.0 Å². The second-order valence-electron chi connectivity index (χ2n) is 3.80. The van der Waals surface area contributed by atoms with Crippen molar-refractivity contribution in [2.75, 3.05) is 6.61 Å². The van der Waals surface area contributed by atoms with E-state index in [1.807, 2.05) is 0 Å². The summed E-state index contributed by atoms with van der Waals surface area (Å²) >= 11 is 8.93. The SMILES string of the molecule is O=C(COc1ccc(Br)cc1F)c1cccc(Cl)c1. The van der Waals surface area contributed by atoms with Crippen LogP contribution in [0.5, 0.6) is 5.75 Å². The number of rotatable bonds is 4. The van der Waals surface area contributed by atoms with E-state index in [-0.39, 0.29) is 18.1 Å². The van der Waals surface area contributed by atoms with Crippen LogP contribution in [-0.2, 0) is 0 Å². The van der Waals surface area contributed by atoms with Crippen LogP contribution in [0.3, 0.4) is 0 Å². The number of carbonyl (C=O) groups excluding carboxylic acids is 1. The Hall–Kier alpha value is -1.39. The average Bonchev–Trinajstić information content (AvgIpc) is 2.37. The zero-order valence-electron chi connectivity index (χ0n) is 9.70. The van der Waals surface area contributed by atoms with Crippen LogP contribution in [0.2, 0.25) is 5.02 Å². The number of halogens is 3. The zero-order valence-corrected chi connectivity index (χ0v) is 12.0. The summed E-state index contributed by atoms with van der Waals surface area (Å²) in [6.07, 6.45) is 0. The molecule has 19 heavy (non-hydrogen) atoms. The van der Waals surface area contributed by atoms with Crippen LogP contribution >= 0.6 is 27.5 Å². The van der Waals surface area contributed by atoms with Crippen LogP contribution in [0, 0.1) is 5.82 Å². The molecule has 0 aromatic heterocycles. The van der Waals surface area contributed by atoms with Crippen molar-refractivity contribution < 1.29 is 13.9 Å². The first-order valence-corrected chi connectivity index (χ1v) is 6.60. The van der Waals surface area contributed by atoms with Gasteiger partial charge in [-0.3, -0.25) is 4.79 Å². The predicted octanol–water partition coefficient (Wildman–Crippen LogP) is 4.50. The van der Waals surface area contributed by atoms with E-state index in [9.17, 15) is 9.18 Å². The fourth-order valence-corrected chi connectivity index (χ4v) is 2.00. The van der Waals surface area contributed by atoms with Gasteiger partial charge in [0.05, 0.1) is 0 Å². The van der Waals surface area contributed by atoms with Crippen LogP contribution in [0.1, 0.15) is 10.4 Å². The number of carbonyl (C=O) groups is 1. The van der Waals surface area contributed by atoms with Gasteiger partial charge in [-0.1, -0.05) is 39.7 Å². The molecule has 2 nitrogen and oxygen atoms in total. The number of hydrogen-bond acceptors (Lipinski definition) is 2. The number of ether oxygens (including phenoxy) is 1. The van der Waals surface area contributed by atoms with Gasteiger partial charge in [0, 0.05) is 15.1 Å². The van der Waals surface area contributed by atoms with Crippen molar-refractivity contribution in [1.82, 2.24) is 0 Å². The topological polar surface area (TPSA) is 26.3 Å². The summed E-state index contributed by atoms with van der Waals surface area (Å²) in [5, 5.41) is 0.473. The largest absolute Gasteiger partial charge is 0.482 e. The minimum absolute atomic E-state index is 0.0404. The monoisotopic (exact) mass is 342 g/mol. The summed E-state index contributed by atoms with van der Waals surface area (Å²) in [5.41, 5.74) is 0.435. The van der Waals surface area contributed by atoms with Crippen LogP contribution in [-0.4, -0.2) is 12.4 Å². The van der Waals surface area contributed by atoms with Crippen molar-refractivity contribution in [1.29, 1.82) is 0 Å². The molecule has 2 aromatic rings. The Bertz CT molecular complexity index is 616. The van der Waals surface area contributed by atoms with E-state index >= 15 is 0 Å². The molecule has 5 heteroatoms. The molecule has 0 amide bonds. The molecule has 0 fully saturated rings. The van der Waals surface area contributed by atoms with Crippen LogP contribution in [0.15, 0.2) is 46.9 Å². The first kappa shape index (κ1) is 14.0. The summed E-state index contributed by atoms with van der Waals surface area (Å²) in [4.78, 5) is 11.8. The average molecular weight is 344 g/mol. The number of hydrogen-bond donors (Lipinski definition) is 0. The Balaban J connectivity index is 2.04. The van der Waals surface area contributed by atoms with Gasteiger partial charge in [-0.25, -0.2) is 4.39 Å². The third-order valence-electron chi connectivity index (χ3n) is 2.40. The smallest absolute Gasteiger partial charge is 0.200 e. The maximum Gasteiger partial charge on any atom is 0.200 e. The molecule has 0 bridgehead atoms. The third kappa shape index (κ3) is 3.78. The summed E-state index contributed by atoms with van der Waals surface area (Å²) in [6.45, 7) is -0.237. The van der Waals surface area contributed by atoms with Gasteiger partial charge < -0.3 is 4.74 Å². The third-order valence-corrected chi connectivity index (χ3v) is 3.13. The van der Waals surface area contributed by atoms with Crippen molar-refractivity contribution in [3.8, 4) is 5.75 Å². The van der Waals surface area contributed by atoms with Gasteiger partial charge in [0.25, 0.3) is 0 Å². The molecule has 0 unspecified atom stereocenters. The maximum absolute atomic E-state index is 13.5. The maximum atomic E-state index is 13.5. The van der Waals surface area contributed by atoms with E-state index in [1.165, 1.54) is 12.1 Å². The van der Waals surface area contributed by atoms with E-state index in [0.717, 1.165) is 0 Å². The Labute approximate surface area is 123 Å². The van der Waals surface area contributed by atoms with Gasteiger partial charge in [-0.05, 0) is 30.3 Å². The van der Waals surface area contributed by atoms with Crippen LogP contribution < -0.4 is 4.74 Å². The summed E-state index contributed by atoms with van der Waals surface area (Å²) in [5.74, 6) is -0.739. The highest BCUT2D eigenvalue weighted by Crippen LogP contribution is 2.21. The van der Waals surface area contributed by atoms with Gasteiger partial charge in [-0.2, -0.15) is 0 Å². The highest BCUT2D eigenvalue weighted by atomic mass is 79.9. The van der Waals surface area contributed by atoms with E-state index in [2.05, 4.69) is 15.9 Å². The molecule has 0 heterocycles. The lowest BCUT2D eigenvalue weighted by molar-refractivity contribution is 0.0919. The molecule has 0 saturated heterocycles. The Morgan fingerprint density at radius 2 is 2.05 bits per heavy atom. The minimum atomic E-state index is -0.520. The molecular formula is C14H9BrClFO2. The van der Waals surface area contributed by atoms with Gasteiger partial charge >= 0.3 is 0 Å². The molecule has 98 valence electrons. The molecule has 2 rings (SSSR count). The highest BCUT2D eigenvalue weighted by molar-refractivity contribution is 9.10. The predicted molar refractivity (Wildman–Crippen MR) is 75.4 cm³/mol. The number of ketones is 1. The fraction of sp³-hybridized carbons (Fsp3) is 0.0714. The lowest BCUT2D eigenvalue weighted by atomic mass is 10.1. The van der Waals surface area contributed by atoms with E-state index < -0.39 is 5.82 Å². The molecule has 2 aromatic carbocycles. The van der Waals surface area contributed by atoms with Crippen molar-refractivity contribution in [2.45, 2.75) is 0 Å². The molecule has 0 radical (unpaired) electrons. The van der Waals surface area contributed by atoms with Crippen molar-refractivity contribution >= 4 is 33.3 Å². The van der Waals surface area contributed by atoms with E-state index in [4.69, 9.17) is 16.3 Å². The minimum Gasteiger partial charge on any atom is -0.482 e. The summed E-state index contributed by atoms with van der Waals surface area (Å²) in [7, 11) is 0. The van der Waals surface area contributed by atoms with Crippen molar-refractivity contribution in [3.05, 3.63) is 63.3 Å². The van der Waals surface area contributed by atoms with Crippen LogP contribution in [0.25, 0.3) is 0 Å². The number of benzene rings is 2. The standard InChI is InChI=1S/C14H9BrClFO2/c15-10-4-5-14(12(17)7-10)19-8-13(18)9-2-1-3-11(16)6-9/h1-7H,8H2. The Kier molecular flexibility index (Phi) is 4.56. The molecule has 0 N–H and O–H groups in total. The lowest BCUT2D eigenvalue weighted by Crippen LogP contribution is -2.12. The molecule has 0 aliphatic rings. The molecule has 0 atom stereocenters. The van der Waals surface area contributed by atoms with Gasteiger partial charge in [-0.15, -0.1) is 0 Å². The highest BCUT2D eigenvalue weighted by Gasteiger charge is 2.09. The molecular weight excluding hydrogens is 335 g/mol. The van der Waals surface area contributed by atoms with Crippen LogP contribution in [0.4, 0.5) is 4.39 Å². The summed E-state index contributed by atoms with van der Waals surface area (Å²) < 4.78 is 19.2. The first-order chi connectivity index (χ1) is 9.06. The second kappa shape index (κ2) is 6.17. The first-order valence-electron chi connectivity index (χ1n) is 5.43. The molecule has 0 spiro atoms. The van der Waals surface area contributed by atoms with E-state index in [0.29, 0.717) is 15.1 Å². The van der Waals surface area contributed by atoms with Gasteiger partial charge in [0.1, 0.15) is 0 Å². The quantitative estimate of drug-likeness (QED) is 0.764. The van der Waals surface area contributed by atoms with Gasteiger partial charge in [0.2, 0.25) is 0 Å². The normalized spacial score (nSPS) is 10.3. The molecule has 0 saturated carbocycles. The van der Waals surface area contributed by atoms with Crippen molar-refractivity contribution in [3.63, 3.8) is 0 Å². The fourth-order valence-electron chi connectivity index (χ4n) is 1.48. The lowest BCUT2D eigenvalue weighted by Gasteiger charge is -2.07. The zero-order chi connectivity index (χ0) is 13.8. The second-order valence-corrected chi connectivity index (χ2v) is 5.15. The van der Waals surface area contributed by atoms with E-state index in [1.54, 1.807) is 30.3 Å². The Morgan fingerprint density at radius 3 is 2.74 bits per heavy atom. The molecule has 0 aliphatic carbocycles. The number of Topliss-reactive ketones (excluding diaryl/α,β-unsaturated/α-hetero) is 1. The summed E-state index contributed by atoms with van der Waals surface area (Å²) in [6, 6.07) is 10.9. The molecule has 0 aliphatic heterocycles.